The van der Waals surface area contributed by atoms with Crippen molar-refractivity contribution in [2.75, 3.05) is 43.9 Å². The number of thiophene rings is 1. The summed E-state index contributed by atoms with van der Waals surface area (Å²) in [7, 11) is -2.51. The molecule has 0 bridgehead atoms. The first kappa shape index (κ1) is 32.9. The molecule has 2 heterocycles. The average molecular weight is 652 g/mol. The Balaban J connectivity index is 1.62. The number of carbonyl (C=O) groups excluding carboxylic acids is 1. The van der Waals surface area contributed by atoms with Gasteiger partial charge in [-0.15, -0.1) is 11.3 Å². The van der Waals surface area contributed by atoms with Gasteiger partial charge in [-0.2, -0.15) is 18.4 Å². The number of nitrogens with zero attached hydrogens (tertiary/aromatic N) is 2. The van der Waals surface area contributed by atoms with Crippen molar-refractivity contribution in [3.63, 3.8) is 0 Å². The topological polar surface area (TPSA) is 124 Å². The van der Waals surface area contributed by atoms with Crippen LogP contribution < -0.4 is 20.1 Å². The lowest BCUT2D eigenvalue weighted by molar-refractivity contribution is -0.127. The third-order valence-corrected chi connectivity index (χ3v) is 9.38. The zero-order chi connectivity index (χ0) is 32.1. The van der Waals surface area contributed by atoms with Gasteiger partial charge in [-0.3, -0.25) is 4.79 Å². The second kappa shape index (κ2) is 13.7. The second-order valence-corrected chi connectivity index (χ2v) is 12.8. The van der Waals surface area contributed by atoms with Crippen LogP contribution >= 0.6 is 11.3 Å². The summed E-state index contributed by atoms with van der Waals surface area (Å²) in [5.74, 6) is 3.22. The number of alkyl halides is 3. The molecule has 44 heavy (non-hydrogen) atoms. The van der Waals surface area contributed by atoms with Crippen LogP contribution in [0.5, 0.6) is 5.75 Å². The Morgan fingerprint density at radius 3 is 2.59 bits per heavy atom. The molecule has 2 aromatic carbocycles. The molecule has 0 aliphatic carbocycles. The number of sulfonamides is 1. The lowest BCUT2D eigenvalue weighted by Gasteiger charge is -2.30. The number of likely N-dealkylation sites (tertiary alicyclic amines) is 1. The van der Waals surface area contributed by atoms with E-state index >= 15 is 0 Å². The Labute approximate surface area is 256 Å². The standard InChI is InChI=1S/C29H29F4N5O4S2/c1-18(39)37-44(40,41)27-16-25(42-14-10-34)24(15-22(27)30)35-11-4-7-26-21(17-29(31,32)33)20-5-3-6-23(28(20)43-26)36-19-8-12-38(2)13-9-19/h3,5-6,15-16,19,35-36H,8-9,11-14,17H2,1-2H3,(H,37,39). The van der Waals surface area contributed by atoms with Crippen LogP contribution in [-0.2, 0) is 21.2 Å². The number of amides is 1. The van der Waals surface area contributed by atoms with E-state index in [1.807, 2.05) is 13.1 Å². The van der Waals surface area contributed by atoms with Crippen LogP contribution in [0, 0.1) is 29.0 Å². The number of piperidine rings is 1. The van der Waals surface area contributed by atoms with Crippen molar-refractivity contribution >= 4 is 48.7 Å². The maximum atomic E-state index is 14.8. The molecule has 4 rings (SSSR count). The first-order valence-corrected chi connectivity index (χ1v) is 15.7. The number of carbonyl (C=O) groups is 1. The number of fused-ring (bicyclic) bond motifs is 1. The van der Waals surface area contributed by atoms with Crippen molar-refractivity contribution in [1.82, 2.24) is 9.62 Å². The predicted molar refractivity (Wildman–Crippen MR) is 160 cm³/mol. The van der Waals surface area contributed by atoms with E-state index in [1.54, 1.807) is 22.9 Å². The minimum atomic E-state index is -4.55. The first-order chi connectivity index (χ1) is 20.8. The van der Waals surface area contributed by atoms with E-state index in [9.17, 15) is 30.8 Å². The van der Waals surface area contributed by atoms with Gasteiger partial charge in [-0.25, -0.2) is 17.5 Å². The number of hydrogen-bond acceptors (Lipinski definition) is 9. The third kappa shape index (κ3) is 8.31. The van der Waals surface area contributed by atoms with Gasteiger partial charge in [0.1, 0.15) is 22.5 Å². The third-order valence-electron chi connectivity index (χ3n) is 6.74. The number of nitriles is 1. The molecule has 9 nitrogen and oxygen atoms in total. The maximum absolute atomic E-state index is 14.8. The van der Waals surface area contributed by atoms with Gasteiger partial charge in [-0.1, -0.05) is 24.0 Å². The van der Waals surface area contributed by atoms with E-state index in [-0.39, 0.29) is 34.5 Å². The molecule has 1 aromatic heterocycles. The molecule has 0 atom stereocenters. The minimum absolute atomic E-state index is 0.0507. The highest BCUT2D eigenvalue weighted by Crippen LogP contribution is 2.39. The fraction of sp³-hybridized carbons (Fsp3) is 0.379. The number of nitrogens with one attached hydrogen (secondary N) is 3. The normalized spacial score (nSPS) is 14.4. The van der Waals surface area contributed by atoms with E-state index in [0.29, 0.717) is 10.1 Å². The monoisotopic (exact) mass is 651 g/mol. The highest BCUT2D eigenvalue weighted by Gasteiger charge is 2.31. The van der Waals surface area contributed by atoms with Gasteiger partial charge >= 0.3 is 6.18 Å². The number of rotatable bonds is 9. The van der Waals surface area contributed by atoms with Crippen molar-refractivity contribution in [3.05, 3.63) is 46.6 Å². The summed E-state index contributed by atoms with van der Waals surface area (Å²) in [5, 5.41) is 15.6. The molecule has 1 aliphatic heterocycles. The first-order valence-electron chi connectivity index (χ1n) is 13.4. The van der Waals surface area contributed by atoms with Crippen LogP contribution in [-0.4, -0.2) is 64.7 Å². The molecule has 0 saturated carbocycles. The van der Waals surface area contributed by atoms with Gasteiger partial charge < -0.3 is 20.3 Å². The van der Waals surface area contributed by atoms with E-state index in [4.69, 9.17) is 10.00 Å². The molecular weight excluding hydrogens is 622 g/mol. The van der Waals surface area contributed by atoms with Crippen LogP contribution in [0.4, 0.5) is 28.9 Å². The molecule has 234 valence electrons. The minimum Gasteiger partial charge on any atom is -0.477 e. The van der Waals surface area contributed by atoms with Gasteiger partial charge in [0.2, 0.25) is 5.91 Å². The summed E-state index contributed by atoms with van der Waals surface area (Å²) in [4.78, 5) is 12.8. The van der Waals surface area contributed by atoms with Crippen molar-refractivity contribution in [2.45, 2.75) is 43.3 Å². The zero-order valence-corrected chi connectivity index (χ0v) is 25.4. The van der Waals surface area contributed by atoms with E-state index in [0.717, 1.165) is 62.0 Å². The fourth-order valence-corrected chi connectivity index (χ4v) is 6.99. The molecule has 3 N–H and O–H groups in total. The number of halogens is 4. The molecule has 0 radical (unpaired) electrons. The zero-order valence-electron chi connectivity index (χ0n) is 23.8. The van der Waals surface area contributed by atoms with Crippen LogP contribution in [0.25, 0.3) is 10.1 Å². The number of benzene rings is 2. The van der Waals surface area contributed by atoms with Crippen LogP contribution in [0.3, 0.4) is 0 Å². The number of hydrogen-bond donors (Lipinski definition) is 3. The molecule has 0 spiro atoms. The Hall–Kier alpha value is -4.05. The number of ether oxygens (including phenoxy) is 1. The Morgan fingerprint density at radius 1 is 1.20 bits per heavy atom. The smallest absolute Gasteiger partial charge is 0.393 e. The van der Waals surface area contributed by atoms with Crippen LogP contribution in [0.2, 0.25) is 0 Å². The van der Waals surface area contributed by atoms with Crippen molar-refractivity contribution in [3.8, 4) is 23.7 Å². The van der Waals surface area contributed by atoms with E-state index in [2.05, 4.69) is 27.4 Å². The highest BCUT2D eigenvalue weighted by atomic mass is 32.2. The summed E-state index contributed by atoms with van der Waals surface area (Å²) in [6, 6.07) is 8.75. The molecule has 1 aliphatic rings. The summed E-state index contributed by atoms with van der Waals surface area (Å²) in [6.45, 7) is 2.10. The van der Waals surface area contributed by atoms with Gasteiger partial charge in [0, 0.05) is 25.1 Å². The van der Waals surface area contributed by atoms with Crippen LogP contribution in [0.15, 0.2) is 35.2 Å². The molecule has 1 fully saturated rings. The maximum Gasteiger partial charge on any atom is 0.393 e. The summed E-state index contributed by atoms with van der Waals surface area (Å²) < 4.78 is 87.9. The fourth-order valence-electron chi connectivity index (χ4n) is 4.75. The summed E-state index contributed by atoms with van der Waals surface area (Å²) >= 11 is 1.16. The largest absolute Gasteiger partial charge is 0.477 e. The van der Waals surface area contributed by atoms with Gasteiger partial charge in [0.25, 0.3) is 10.0 Å². The molecule has 3 aromatic rings. The lowest BCUT2D eigenvalue weighted by Crippen LogP contribution is -2.36. The Morgan fingerprint density at radius 2 is 1.93 bits per heavy atom. The van der Waals surface area contributed by atoms with Gasteiger partial charge in [0.15, 0.2) is 6.61 Å². The molecule has 0 unspecified atom stereocenters. The molecule has 15 heteroatoms. The Kier molecular flexibility index (Phi) is 10.2. The summed E-state index contributed by atoms with van der Waals surface area (Å²) in [6.07, 6.45) is -3.81. The quantitative estimate of drug-likeness (QED) is 0.222. The molecule has 1 amide bonds. The Bertz CT molecular complexity index is 1750. The van der Waals surface area contributed by atoms with Crippen LogP contribution in [0.1, 0.15) is 30.2 Å². The number of anilines is 2. The average Bonchev–Trinajstić information content (AvgIpc) is 3.27. The van der Waals surface area contributed by atoms with Gasteiger partial charge in [0.05, 0.1) is 33.9 Å². The van der Waals surface area contributed by atoms with Crippen molar-refractivity contribution < 1.29 is 35.5 Å². The lowest BCUT2D eigenvalue weighted by atomic mass is 10.0. The van der Waals surface area contributed by atoms with E-state index < -0.39 is 45.8 Å². The van der Waals surface area contributed by atoms with E-state index in [1.165, 1.54) is 0 Å². The summed E-state index contributed by atoms with van der Waals surface area (Å²) in [5.41, 5.74) is 0.764. The van der Waals surface area contributed by atoms with Crippen molar-refractivity contribution in [1.29, 1.82) is 5.26 Å². The highest BCUT2D eigenvalue weighted by molar-refractivity contribution is 7.90. The second-order valence-electron chi connectivity index (χ2n) is 10.1. The van der Waals surface area contributed by atoms with Gasteiger partial charge in [-0.05, 0) is 50.0 Å². The predicted octanol–water partition coefficient (Wildman–Crippen LogP) is 4.84. The molecular formula is C29H29F4N5O4S2. The van der Waals surface area contributed by atoms with Crippen molar-refractivity contribution in [2.24, 2.45) is 0 Å². The molecule has 1 saturated heterocycles. The SMILES string of the molecule is CC(=O)NS(=O)(=O)c1cc(OCC#N)c(NCC#Cc2sc3c(NC4CCN(C)CC4)cccc3c2CC(F)(F)F)cc1F.